The maximum Gasteiger partial charge on any atom is 0.297 e. The van der Waals surface area contributed by atoms with E-state index in [0.717, 1.165) is 48.3 Å². The Hall–Kier alpha value is -1.40. The van der Waals surface area contributed by atoms with Crippen molar-refractivity contribution in [3.63, 3.8) is 0 Å². The van der Waals surface area contributed by atoms with Gasteiger partial charge in [-0.3, -0.25) is 4.18 Å². The number of hydrogen-bond donors (Lipinski definition) is 0. The smallest absolute Gasteiger partial charge is 0.297 e. The summed E-state index contributed by atoms with van der Waals surface area (Å²) in [5.41, 5.74) is 1.75. The summed E-state index contributed by atoms with van der Waals surface area (Å²) >= 11 is 0. The molecule has 5 rings (SSSR count). The summed E-state index contributed by atoms with van der Waals surface area (Å²) in [7, 11) is -2.28. The number of nitrogens with zero attached hydrogens (tertiary/aromatic N) is 1. The lowest BCUT2D eigenvalue weighted by Crippen LogP contribution is -2.51. The monoisotopic (exact) mass is 377 g/mol. The van der Waals surface area contributed by atoms with Gasteiger partial charge in [0.2, 0.25) is 0 Å². The van der Waals surface area contributed by atoms with E-state index in [1.54, 1.807) is 24.3 Å². The summed E-state index contributed by atoms with van der Waals surface area (Å²) in [4.78, 5) is 5.28. The quantitative estimate of drug-likeness (QED) is 0.428. The van der Waals surface area contributed by atoms with Crippen molar-refractivity contribution in [3.05, 3.63) is 29.8 Å². The third-order valence-corrected chi connectivity index (χ3v) is 7.79. The topological polar surface area (TPSA) is 65.0 Å². The molecule has 0 aromatic heterocycles. The number of aryl methyl sites for hydroxylation is 1. The molecular weight excluding hydrogens is 350 g/mol. The van der Waals surface area contributed by atoms with Gasteiger partial charge in [0.05, 0.1) is 10.6 Å². The second kappa shape index (κ2) is 6.64. The highest BCUT2D eigenvalue weighted by Crippen LogP contribution is 2.60. The number of rotatable bonds is 6. The first kappa shape index (κ1) is 18.0. The molecule has 4 aliphatic rings. The summed E-state index contributed by atoms with van der Waals surface area (Å²) < 4.78 is 30.5. The summed E-state index contributed by atoms with van der Waals surface area (Å²) in [6.07, 6.45) is 7.24. The molecule has 1 aromatic carbocycles. The zero-order valence-corrected chi connectivity index (χ0v) is 16.3. The van der Waals surface area contributed by atoms with Crippen LogP contribution in [0.4, 0.5) is 0 Å². The standard InChI is InChI=1S/C20H27NO4S/c1-14-3-5-18(6-4-14)26(22,23)25-13-19(21-24-2)20-10-15-7-16(11-20)9-17(8-15)12-20/h3-6,15-17H,7-13H2,1-2H3/b21-19+. The number of hydrogen-bond acceptors (Lipinski definition) is 5. The zero-order valence-electron chi connectivity index (χ0n) is 15.5. The predicted molar refractivity (Wildman–Crippen MR) is 99.4 cm³/mol. The van der Waals surface area contributed by atoms with E-state index in [4.69, 9.17) is 9.02 Å². The van der Waals surface area contributed by atoms with Gasteiger partial charge in [0.15, 0.2) is 0 Å². The van der Waals surface area contributed by atoms with Gasteiger partial charge in [0.1, 0.15) is 13.7 Å². The van der Waals surface area contributed by atoms with Crippen molar-refractivity contribution in [2.45, 2.75) is 50.3 Å². The van der Waals surface area contributed by atoms with Crippen LogP contribution >= 0.6 is 0 Å². The van der Waals surface area contributed by atoms with Gasteiger partial charge in [-0.25, -0.2) is 0 Å². The van der Waals surface area contributed by atoms with E-state index in [0.29, 0.717) is 0 Å². The Morgan fingerprint density at radius 3 is 2.12 bits per heavy atom. The molecule has 4 fully saturated rings. The lowest BCUT2D eigenvalue weighted by molar-refractivity contribution is -0.0163. The average molecular weight is 378 g/mol. The Balaban J connectivity index is 1.53. The van der Waals surface area contributed by atoms with Crippen molar-refractivity contribution in [1.29, 1.82) is 0 Å². The Kier molecular flexibility index (Phi) is 4.59. The van der Waals surface area contributed by atoms with E-state index in [-0.39, 0.29) is 16.9 Å². The van der Waals surface area contributed by atoms with Gasteiger partial charge in [0.25, 0.3) is 10.1 Å². The van der Waals surface area contributed by atoms with E-state index in [1.165, 1.54) is 26.4 Å². The van der Waals surface area contributed by atoms with Crippen molar-refractivity contribution in [1.82, 2.24) is 0 Å². The van der Waals surface area contributed by atoms with Crippen LogP contribution in [0.15, 0.2) is 34.3 Å². The molecule has 4 bridgehead atoms. The average Bonchev–Trinajstić information content (AvgIpc) is 2.57. The highest BCUT2D eigenvalue weighted by Gasteiger charge is 2.53. The van der Waals surface area contributed by atoms with E-state index in [2.05, 4.69) is 5.16 Å². The van der Waals surface area contributed by atoms with Crippen LogP contribution in [0.1, 0.15) is 44.1 Å². The van der Waals surface area contributed by atoms with Crippen molar-refractivity contribution in [2.24, 2.45) is 28.3 Å². The molecule has 0 unspecified atom stereocenters. The molecule has 6 heteroatoms. The van der Waals surface area contributed by atoms with Gasteiger partial charge in [-0.15, -0.1) is 0 Å². The molecule has 0 N–H and O–H groups in total. The minimum atomic E-state index is -3.80. The van der Waals surface area contributed by atoms with Gasteiger partial charge < -0.3 is 4.84 Å². The van der Waals surface area contributed by atoms with E-state index < -0.39 is 10.1 Å². The molecule has 0 spiro atoms. The van der Waals surface area contributed by atoms with Crippen LogP contribution < -0.4 is 0 Å². The molecule has 142 valence electrons. The molecule has 0 atom stereocenters. The number of oxime groups is 1. The maximum absolute atomic E-state index is 12.6. The molecule has 0 saturated heterocycles. The minimum absolute atomic E-state index is 0.0176. The Labute approximate surface area is 155 Å². The van der Waals surface area contributed by atoms with Crippen LogP contribution in [-0.4, -0.2) is 27.8 Å². The van der Waals surface area contributed by atoms with Crippen molar-refractivity contribution >= 4 is 15.8 Å². The summed E-state index contributed by atoms with van der Waals surface area (Å²) in [5, 5.41) is 4.25. The van der Waals surface area contributed by atoms with Crippen LogP contribution in [0.3, 0.4) is 0 Å². The summed E-state index contributed by atoms with van der Waals surface area (Å²) in [6, 6.07) is 6.73. The van der Waals surface area contributed by atoms with Crippen LogP contribution in [0.2, 0.25) is 0 Å². The van der Waals surface area contributed by atoms with E-state index in [9.17, 15) is 8.42 Å². The van der Waals surface area contributed by atoms with Crippen LogP contribution in [-0.2, 0) is 19.1 Å². The Morgan fingerprint density at radius 1 is 1.08 bits per heavy atom. The molecule has 5 nitrogen and oxygen atoms in total. The second-order valence-electron chi connectivity index (χ2n) is 8.45. The maximum atomic E-state index is 12.6. The zero-order chi connectivity index (χ0) is 18.4. The molecule has 4 aliphatic carbocycles. The van der Waals surface area contributed by atoms with Crippen molar-refractivity contribution < 1.29 is 17.4 Å². The van der Waals surface area contributed by atoms with Gasteiger partial charge in [-0.05, 0) is 75.3 Å². The third-order valence-electron chi connectivity index (χ3n) is 6.51. The fourth-order valence-corrected chi connectivity index (χ4v) is 6.63. The van der Waals surface area contributed by atoms with Crippen molar-refractivity contribution in [3.8, 4) is 0 Å². The Bertz CT molecular complexity index is 762. The van der Waals surface area contributed by atoms with Gasteiger partial charge >= 0.3 is 0 Å². The predicted octanol–water partition coefficient (Wildman–Crippen LogP) is 3.92. The van der Waals surface area contributed by atoms with E-state index >= 15 is 0 Å². The first-order valence-electron chi connectivity index (χ1n) is 9.47. The molecule has 0 amide bonds. The largest absolute Gasteiger partial charge is 0.399 e. The molecular formula is C20H27NO4S. The molecule has 1 aromatic rings. The first-order chi connectivity index (χ1) is 12.4. The van der Waals surface area contributed by atoms with E-state index in [1.807, 2.05) is 6.92 Å². The highest BCUT2D eigenvalue weighted by atomic mass is 32.2. The van der Waals surface area contributed by atoms with Crippen LogP contribution in [0.5, 0.6) is 0 Å². The lowest BCUT2D eigenvalue weighted by Gasteiger charge is -2.56. The van der Waals surface area contributed by atoms with Gasteiger partial charge in [-0.1, -0.05) is 22.9 Å². The molecule has 0 aliphatic heterocycles. The fourth-order valence-electron chi connectivity index (χ4n) is 5.76. The summed E-state index contributed by atoms with van der Waals surface area (Å²) in [6.45, 7) is 1.91. The van der Waals surface area contributed by atoms with Gasteiger partial charge in [0, 0.05) is 5.41 Å². The number of benzene rings is 1. The molecule has 0 radical (unpaired) electrons. The second-order valence-corrected chi connectivity index (χ2v) is 10.1. The van der Waals surface area contributed by atoms with Crippen LogP contribution in [0.25, 0.3) is 0 Å². The molecule has 0 heterocycles. The normalized spacial score (nSPS) is 33.5. The Morgan fingerprint density at radius 2 is 1.62 bits per heavy atom. The SMILES string of the molecule is CO/N=C(\COS(=O)(=O)c1ccc(C)cc1)C12CC3CC(CC(C3)C1)C2. The van der Waals surface area contributed by atoms with Gasteiger partial charge in [-0.2, -0.15) is 8.42 Å². The molecule has 4 saturated carbocycles. The highest BCUT2D eigenvalue weighted by molar-refractivity contribution is 7.86. The lowest BCUT2D eigenvalue weighted by atomic mass is 9.48. The molecule has 26 heavy (non-hydrogen) atoms. The van der Waals surface area contributed by atoms with Crippen molar-refractivity contribution in [2.75, 3.05) is 13.7 Å². The first-order valence-corrected chi connectivity index (χ1v) is 10.9. The minimum Gasteiger partial charge on any atom is -0.399 e. The summed E-state index contributed by atoms with van der Waals surface area (Å²) in [5.74, 6) is 2.24. The fraction of sp³-hybridized carbons (Fsp3) is 0.650. The van der Waals surface area contributed by atoms with Crippen LogP contribution in [0, 0.1) is 30.1 Å². The third kappa shape index (κ3) is 3.29.